The maximum Gasteiger partial charge on any atom is 0.338 e. The first-order chi connectivity index (χ1) is 8.66. The van der Waals surface area contributed by atoms with Crippen LogP contribution in [0, 0.1) is 35.2 Å². The molecule has 0 saturated heterocycles. The minimum absolute atomic E-state index is 0.366. The Balaban J connectivity index is 4.72. The first kappa shape index (κ1) is 17.6. The van der Waals surface area contributed by atoms with E-state index in [-0.39, 0.29) is 0 Å². The van der Waals surface area contributed by atoms with E-state index in [1.807, 2.05) is 6.92 Å². The summed E-state index contributed by atoms with van der Waals surface area (Å²) in [5.41, 5.74) is -1.28. The molecule has 4 nitrogen and oxygen atoms in total. The molecule has 2 atom stereocenters. The second-order valence-corrected chi connectivity index (χ2v) is 6.60. The lowest BCUT2D eigenvalue weighted by molar-refractivity contribution is 0.339. The van der Waals surface area contributed by atoms with E-state index in [1.54, 1.807) is 6.92 Å². The van der Waals surface area contributed by atoms with E-state index in [0.717, 1.165) is 6.42 Å². The third-order valence-corrected chi connectivity index (χ3v) is 2.87. The van der Waals surface area contributed by atoms with Gasteiger partial charge in [-0.2, -0.15) is 10.4 Å². The second-order valence-electron chi connectivity index (χ2n) is 6.60. The van der Waals surface area contributed by atoms with Crippen molar-refractivity contribution in [2.24, 2.45) is 27.5 Å². The van der Waals surface area contributed by atoms with Crippen LogP contribution >= 0.6 is 0 Å². The van der Waals surface area contributed by atoms with Gasteiger partial charge in [-0.05, 0) is 25.2 Å². The zero-order valence-electron chi connectivity index (χ0n) is 13.1. The molecule has 0 fully saturated rings. The van der Waals surface area contributed by atoms with Gasteiger partial charge in [0.2, 0.25) is 0 Å². The summed E-state index contributed by atoms with van der Waals surface area (Å²) in [4.78, 5) is 3.57. The molecule has 0 aliphatic heterocycles. The Morgan fingerprint density at radius 2 is 1.68 bits per heavy atom. The molecule has 0 aliphatic carbocycles. The number of nitriles is 1. The smallest absolute Gasteiger partial charge is 0.284 e. The summed E-state index contributed by atoms with van der Waals surface area (Å²) >= 11 is 0. The Bertz CT molecular complexity index is 386. The topological polar surface area (TPSA) is 52.9 Å². The fraction of sp³-hybridized carbons (Fsp3) is 0.867. The van der Waals surface area contributed by atoms with Gasteiger partial charge in [-0.3, -0.25) is 4.85 Å². The van der Waals surface area contributed by atoms with Crippen molar-refractivity contribution in [1.82, 2.24) is 0 Å². The van der Waals surface area contributed by atoms with Gasteiger partial charge in [-0.15, -0.1) is 5.11 Å². The standard InChI is InChI=1S/C15H26N4/c1-12(2)8-14(5,10-16)11-18-19-15(6,17-7)9-13(3)4/h12-13H,8-9,11H2,1-6H3. The lowest BCUT2D eigenvalue weighted by atomic mass is 9.83. The molecule has 4 heteroatoms. The van der Waals surface area contributed by atoms with Crippen LogP contribution in [0.2, 0.25) is 0 Å². The second kappa shape index (κ2) is 7.24. The first-order valence-corrected chi connectivity index (χ1v) is 6.85. The van der Waals surface area contributed by atoms with E-state index < -0.39 is 11.1 Å². The normalized spacial score (nSPS) is 18.0. The summed E-state index contributed by atoms with van der Waals surface area (Å²) in [5, 5.41) is 17.6. The van der Waals surface area contributed by atoms with Crippen molar-refractivity contribution in [2.45, 2.75) is 60.0 Å². The maximum atomic E-state index is 9.25. The zero-order valence-corrected chi connectivity index (χ0v) is 13.1. The molecule has 0 N–H and O–H groups in total. The van der Waals surface area contributed by atoms with Crippen LogP contribution in [-0.4, -0.2) is 12.2 Å². The highest BCUT2D eigenvalue weighted by molar-refractivity contribution is 4.98. The number of nitrogens with zero attached hydrogens (tertiary/aromatic N) is 4. The molecule has 0 aliphatic rings. The monoisotopic (exact) mass is 262 g/mol. The molecule has 0 radical (unpaired) electrons. The van der Waals surface area contributed by atoms with Crippen LogP contribution in [0.1, 0.15) is 54.4 Å². The van der Waals surface area contributed by atoms with Crippen molar-refractivity contribution in [3.05, 3.63) is 11.4 Å². The average molecular weight is 262 g/mol. The predicted octanol–water partition coefficient (Wildman–Crippen LogP) is 4.70. The first-order valence-electron chi connectivity index (χ1n) is 6.85. The molecule has 0 aromatic heterocycles. The Kier molecular flexibility index (Phi) is 6.70. The molecule has 0 amide bonds. The molecule has 0 aromatic rings. The Hall–Kier alpha value is -1.42. The summed E-state index contributed by atoms with van der Waals surface area (Å²) in [6.07, 6.45) is 1.48. The SMILES string of the molecule is [C-]#[N+]C(C)(CC(C)C)N=NCC(C)(C#N)CC(C)C. The van der Waals surface area contributed by atoms with E-state index >= 15 is 0 Å². The van der Waals surface area contributed by atoms with Gasteiger partial charge >= 0.3 is 5.66 Å². The zero-order chi connectivity index (χ0) is 15.1. The number of azo groups is 1. The Labute approximate surface area is 117 Å². The molecule has 0 rings (SSSR count). The number of rotatable bonds is 7. The van der Waals surface area contributed by atoms with Gasteiger partial charge in [0, 0.05) is 6.92 Å². The van der Waals surface area contributed by atoms with E-state index in [9.17, 15) is 5.26 Å². The van der Waals surface area contributed by atoms with Crippen molar-refractivity contribution in [2.75, 3.05) is 6.54 Å². The van der Waals surface area contributed by atoms with E-state index in [1.165, 1.54) is 0 Å². The van der Waals surface area contributed by atoms with Gasteiger partial charge in [0.15, 0.2) is 0 Å². The van der Waals surface area contributed by atoms with Crippen LogP contribution in [0.15, 0.2) is 10.2 Å². The number of hydrogen-bond acceptors (Lipinski definition) is 3. The summed E-state index contributed by atoms with van der Waals surface area (Å²) < 4.78 is 0. The van der Waals surface area contributed by atoms with Gasteiger partial charge in [0.1, 0.15) is 0 Å². The van der Waals surface area contributed by atoms with E-state index in [4.69, 9.17) is 6.57 Å². The highest BCUT2D eigenvalue weighted by Crippen LogP contribution is 2.27. The fourth-order valence-corrected chi connectivity index (χ4v) is 2.27. The van der Waals surface area contributed by atoms with Crippen LogP contribution in [0.25, 0.3) is 4.85 Å². The van der Waals surface area contributed by atoms with Crippen LogP contribution < -0.4 is 0 Å². The van der Waals surface area contributed by atoms with Crippen molar-refractivity contribution >= 4 is 0 Å². The summed E-state index contributed by atoms with van der Waals surface area (Å²) in [7, 11) is 0. The molecule has 0 bridgehead atoms. The van der Waals surface area contributed by atoms with Gasteiger partial charge in [0.25, 0.3) is 0 Å². The lowest BCUT2D eigenvalue weighted by Gasteiger charge is -2.21. The van der Waals surface area contributed by atoms with E-state index in [2.05, 4.69) is 48.8 Å². The predicted molar refractivity (Wildman–Crippen MR) is 77.4 cm³/mol. The third-order valence-electron chi connectivity index (χ3n) is 2.87. The summed E-state index contributed by atoms with van der Waals surface area (Å²) in [6, 6.07) is 2.32. The molecule has 0 aromatic carbocycles. The van der Waals surface area contributed by atoms with Crippen LogP contribution in [0.3, 0.4) is 0 Å². The summed E-state index contributed by atoms with van der Waals surface area (Å²) in [6.45, 7) is 19.6. The van der Waals surface area contributed by atoms with Gasteiger partial charge < -0.3 is 0 Å². The quantitative estimate of drug-likeness (QED) is 0.485. The third kappa shape index (κ3) is 6.91. The lowest BCUT2D eigenvalue weighted by Crippen LogP contribution is -2.22. The molecule has 106 valence electrons. The molecular formula is C15H26N4. The van der Waals surface area contributed by atoms with Gasteiger partial charge in [-0.1, -0.05) is 27.7 Å². The molecule has 0 heterocycles. The van der Waals surface area contributed by atoms with Gasteiger partial charge in [-0.25, -0.2) is 6.57 Å². The highest BCUT2D eigenvalue weighted by Gasteiger charge is 2.32. The fourth-order valence-electron chi connectivity index (χ4n) is 2.27. The summed E-state index contributed by atoms with van der Waals surface area (Å²) in [5.74, 6) is 0.846. The molecular weight excluding hydrogens is 236 g/mol. The molecule has 0 spiro atoms. The van der Waals surface area contributed by atoms with Crippen LogP contribution in [0.4, 0.5) is 0 Å². The molecule has 2 unspecified atom stereocenters. The minimum Gasteiger partial charge on any atom is -0.284 e. The van der Waals surface area contributed by atoms with Crippen molar-refractivity contribution < 1.29 is 0 Å². The highest BCUT2D eigenvalue weighted by atomic mass is 15.2. The molecule has 0 saturated carbocycles. The van der Waals surface area contributed by atoms with Crippen molar-refractivity contribution in [3.63, 3.8) is 0 Å². The Morgan fingerprint density at radius 3 is 2.05 bits per heavy atom. The van der Waals surface area contributed by atoms with E-state index in [0.29, 0.717) is 24.8 Å². The maximum absolute atomic E-state index is 9.25. The average Bonchev–Trinajstić information content (AvgIpc) is 2.27. The van der Waals surface area contributed by atoms with Crippen molar-refractivity contribution in [3.8, 4) is 6.07 Å². The molecule has 19 heavy (non-hydrogen) atoms. The van der Waals surface area contributed by atoms with Crippen LogP contribution in [0.5, 0.6) is 0 Å². The Morgan fingerprint density at radius 1 is 1.16 bits per heavy atom. The van der Waals surface area contributed by atoms with Crippen LogP contribution in [-0.2, 0) is 0 Å². The minimum atomic E-state index is -0.789. The number of hydrogen-bond donors (Lipinski definition) is 0. The van der Waals surface area contributed by atoms with Crippen molar-refractivity contribution in [1.29, 1.82) is 5.26 Å². The van der Waals surface area contributed by atoms with Gasteiger partial charge in [0.05, 0.1) is 24.4 Å². The largest absolute Gasteiger partial charge is 0.338 e.